The summed E-state index contributed by atoms with van der Waals surface area (Å²) in [5, 5.41) is 13.8. The molecular weight excluding hydrogens is 306 g/mol. The number of benzene rings is 1. The van der Waals surface area contributed by atoms with Crippen molar-refractivity contribution in [1.82, 2.24) is 15.0 Å². The van der Waals surface area contributed by atoms with Gasteiger partial charge in [0.05, 0.1) is 19.8 Å². The summed E-state index contributed by atoms with van der Waals surface area (Å²) in [5.74, 6) is 1.12. The SMILES string of the molecule is OCCC1COCCN1Cc1nc(-c2ccc(Cl)cc2)no1. The summed E-state index contributed by atoms with van der Waals surface area (Å²) in [6.07, 6.45) is 0.679. The maximum Gasteiger partial charge on any atom is 0.241 e. The summed E-state index contributed by atoms with van der Waals surface area (Å²) in [6, 6.07) is 7.50. The number of nitrogens with zero attached hydrogens (tertiary/aromatic N) is 3. The minimum absolute atomic E-state index is 0.143. The van der Waals surface area contributed by atoms with E-state index in [0.29, 0.717) is 42.9 Å². The van der Waals surface area contributed by atoms with Gasteiger partial charge in [0.25, 0.3) is 0 Å². The van der Waals surface area contributed by atoms with Crippen LogP contribution in [-0.4, -0.2) is 52.6 Å². The number of rotatable bonds is 5. The van der Waals surface area contributed by atoms with E-state index >= 15 is 0 Å². The number of ether oxygens (including phenoxy) is 1. The number of hydrogen-bond acceptors (Lipinski definition) is 6. The van der Waals surface area contributed by atoms with E-state index in [1.807, 2.05) is 12.1 Å². The molecule has 0 radical (unpaired) electrons. The van der Waals surface area contributed by atoms with Gasteiger partial charge in [0.15, 0.2) is 0 Å². The van der Waals surface area contributed by atoms with E-state index in [2.05, 4.69) is 15.0 Å². The maximum absolute atomic E-state index is 9.13. The fourth-order valence-corrected chi connectivity index (χ4v) is 2.65. The van der Waals surface area contributed by atoms with Crippen LogP contribution in [0.5, 0.6) is 0 Å². The zero-order chi connectivity index (χ0) is 15.4. The first-order valence-corrected chi connectivity index (χ1v) is 7.65. The molecule has 1 aromatic heterocycles. The predicted octanol–water partition coefficient (Wildman–Crippen LogP) is 1.97. The summed E-state index contributed by atoms with van der Waals surface area (Å²) in [7, 11) is 0. The number of morpholine rings is 1. The van der Waals surface area contributed by atoms with Crippen LogP contribution in [0.4, 0.5) is 0 Å². The molecule has 6 nitrogen and oxygen atoms in total. The van der Waals surface area contributed by atoms with Crippen LogP contribution in [0.1, 0.15) is 12.3 Å². The lowest BCUT2D eigenvalue weighted by Crippen LogP contribution is -2.45. The zero-order valence-corrected chi connectivity index (χ0v) is 12.9. The van der Waals surface area contributed by atoms with Gasteiger partial charge in [-0.1, -0.05) is 16.8 Å². The van der Waals surface area contributed by atoms with Crippen molar-refractivity contribution in [3.8, 4) is 11.4 Å². The molecule has 1 N–H and O–H groups in total. The molecule has 1 saturated heterocycles. The van der Waals surface area contributed by atoms with E-state index in [4.69, 9.17) is 26.0 Å². The summed E-state index contributed by atoms with van der Waals surface area (Å²) in [4.78, 5) is 6.64. The Morgan fingerprint density at radius 1 is 1.32 bits per heavy atom. The standard InChI is InChI=1S/C15H18ClN3O3/c16-12-3-1-11(2-4-12)15-17-14(22-18-15)9-19-6-8-21-10-13(19)5-7-20/h1-4,13,20H,5-10H2. The largest absolute Gasteiger partial charge is 0.396 e. The van der Waals surface area contributed by atoms with E-state index in [0.717, 1.165) is 12.1 Å². The molecule has 2 aromatic rings. The number of aromatic nitrogens is 2. The monoisotopic (exact) mass is 323 g/mol. The normalized spacial score (nSPS) is 19.5. The van der Waals surface area contributed by atoms with E-state index in [1.54, 1.807) is 12.1 Å². The van der Waals surface area contributed by atoms with Crippen LogP contribution in [0.3, 0.4) is 0 Å². The molecular formula is C15H18ClN3O3. The molecule has 0 aliphatic carbocycles. The van der Waals surface area contributed by atoms with E-state index in [9.17, 15) is 0 Å². The predicted molar refractivity (Wildman–Crippen MR) is 81.5 cm³/mol. The first-order valence-electron chi connectivity index (χ1n) is 7.27. The van der Waals surface area contributed by atoms with Crippen molar-refractivity contribution >= 4 is 11.6 Å². The van der Waals surface area contributed by atoms with Crippen LogP contribution in [0.2, 0.25) is 5.02 Å². The van der Waals surface area contributed by atoms with Crippen molar-refractivity contribution in [3.63, 3.8) is 0 Å². The number of aliphatic hydroxyl groups is 1. The second-order valence-corrected chi connectivity index (χ2v) is 5.67. The molecule has 1 aliphatic heterocycles. The quantitative estimate of drug-likeness (QED) is 0.907. The number of hydrogen-bond donors (Lipinski definition) is 1. The van der Waals surface area contributed by atoms with Crippen molar-refractivity contribution in [2.45, 2.75) is 19.0 Å². The molecule has 3 rings (SSSR count). The fraction of sp³-hybridized carbons (Fsp3) is 0.467. The molecule has 1 unspecified atom stereocenters. The van der Waals surface area contributed by atoms with Gasteiger partial charge in [-0.15, -0.1) is 0 Å². The van der Waals surface area contributed by atoms with Crippen LogP contribution in [0.25, 0.3) is 11.4 Å². The van der Waals surface area contributed by atoms with E-state index < -0.39 is 0 Å². The lowest BCUT2D eigenvalue weighted by atomic mass is 10.1. The van der Waals surface area contributed by atoms with Gasteiger partial charge in [-0.2, -0.15) is 4.98 Å². The molecule has 1 aliphatic rings. The van der Waals surface area contributed by atoms with Crippen LogP contribution >= 0.6 is 11.6 Å². The Hall–Kier alpha value is -1.47. The van der Waals surface area contributed by atoms with E-state index in [1.165, 1.54) is 0 Å². The van der Waals surface area contributed by atoms with Crippen LogP contribution in [0.15, 0.2) is 28.8 Å². The molecule has 7 heteroatoms. The van der Waals surface area contributed by atoms with Crippen LogP contribution < -0.4 is 0 Å². The van der Waals surface area contributed by atoms with Crippen molar-refractivity contribution < 1.29 is 14.4 Å². The highest BCUT2D eigenvalue weighted by molar-refractivity contribution is 6.30. The lowest BCUT2D eigenvalue weighted by molar-refractivity contribution is -0.0234. The molecule has 0 amide bonds. The molecule has 118 valence electrons. The van der Waals surface area contributed by atoms with Gasteiger partial charge >= 0.3 is 0 Å². The summed E-state index contributed by atoms with van der Waals surface area (Å²) < 4.78 is 10.8. The third-order valence-corrected chi connectivity index (χ3v) is 3.97. The molecule has 22 heavy (non-hydrogen) atoms. The average Bonchev–Trinajstić information content (AvgIpc) is 2.99. The topological polar surface area (TPSA) is 71.6 Å². The third-order valence-electron chi connectivity index (χ3n) is 3.72. The van der Waals surface area contributed by atoms with Crippen molar-refractivity contribution in [1.29, 1.82) is 0 Å². The summed E-state index contributed by atoms with van der Waals surface area (Å²) >= 11 is 5.88. The highest BCUT2D eigenvalue weighted by Crippen LogP contribution is 2.20. The molecule has 0 spiro atoms. The zero-order valence-electron chi connectivity index (χ0n) is 12.1. The van der Waals surface area contributed by atoms with Gasteiger partial charge in [0, 0.05) is 29.8 Å². The van der Waals surface area contributed by atoms with Crippen LogP contribution in [-0.2, 0) is 11.3 Å². The minimum atomic E-state index is 0.143. The van der Waals surface area contributed by atoms with E-state index in [-0.39, 0.29) is 12.6 Å². The first kappa shape index (κ1) is 15.4. The van der Waals surface area contributed by atoms with Crippen molar-refractivity contribution in [3.05, 3.63) is 35.2 Å². The fourth-order valence-electron chi connectivity index (χ4n) is 2.52. The van der Waals surface area contributed by atoms with Gasteiger partial charge in [0.1, 0.15) is 0 Å². The van der Waals surface area contributed by atoms with Crippen LogP contribution in [0, 0.1) is 0 Å². The Kier molecular flexibility index (Phi) is 5.04. The Bertz CT molecular complexity index is 600. The van der Waals surface area contributed by atoms with Gasteiger partial charge in [0.2, 0.25) is 11.7 Å². The molecule has 1 aromatic carbocycles. The van der Waals surface area contributed by atoms with Crippen molar-refractivity contribution in [2.75, 3.05) is 26.4 Å². The highest BCUT2D eigenvalue weighted by Gasteiger charge is 2.24. The van der Waals surface area contributed by atoms with Gasteiger partial charge < -0.3 is 14.4 Å². The molecule has 0 bridgehead atoms. The number of aliphatic hydroxyl groups excluding tert-OH is 1. The molecule has 0 saturated carbocycles. The number of halogens is 1. The van der Waals surface area contributed by atoms with Gasteiger partial charge in [-0.3, -0.25) is 4.90 Å². The summed E-state index contributed by atoms with van der Waals surface area (Å²) in [5.41, 5.74) is 0.869. The smallest absolute Gasteiger partial charge is 0.241 e. The maximum atomic E-state index is 9.13. The first-order chi connectivity index (χ1) is 10.8. The Morgan fingerprint density at radius 3 is 2.91 bits per heavy atom. The second-order valence-electron chi connectivity index (χ2n) is 5.23. The Morgan fingerprint density at radius 2 is 2.14 bits per heavy atom. The van der Waals surface area contributed by atoms with Crippen molar-refractivity contribution in [2.24, 2.45) is 0 Å². The Balaban J connectivity index is 1.69. The highest BCUT2D eigenvalue weighted by atomic mass is 35.5. The average molecular weight is 324 g/mol. The minimum Gasteiger partial charge on any atom is -0.396 e. The molecule has 2 heterocycles. The van der Waals surface area contributed by atoms with Gasteiger partial charge in [-0.05, 0) is 30.7 Å². The molecule has 1 atom stereocenters. The van der Waals surface area contributed by atoms with Gasteiger partial charge in [-0.25, -0.2) is 0 Å². The second kappa shape index (κ2) is 7.19. The summed E-state index contributed by atoms with van der Waals surface area (Å²) in [6.45, 7) is 2.81. The molecule has 1 fully saturated rings. The third kappa shape index (κ3) is 3.64. The Labute approximate surface area is 133 Å². The lowest BCUT2D eigenvalue weighted by Gasteiger charge is -2.34.